The molecule has 1 aliphatic heterocycles. The van der Waals surface area contributed by atoms with Gasteiger partial charge in [0.1, 0.15) is 0 Å². The summed E-state index contributed by atoms with van der Waals surface area (Å²) in [5.74, 6) is 0.164. The number of hydrogen-bond acceptors (Lipinski definition) is 3. The summed E-state index contributed by atoms with van der Waals surface area (Å²) in [5.41, 5.74) is 3.59. The quantitative estimate of drug-likeness (QED) is 0.542. The highest BCUT2D eigenvalue weighted by Crippen LogP contribution is 2.38. The van der Waals surface area contributed by atoms with Crippen LogP contribution in [0.2, 0.25) is 0 Å². The number of carbonyl (C=O) groups is 2. The minimum Gasteiger partial charge on any atom is -0.333 e. The van der Waals surface area contributed by atoms with Gasteiger partial charge in [-0.2, -0.15) is 0 Å². The van der Waals surface area contributed by atoms with Crippen molar-refractivity contribution in [1.29, 1.82) is 0 Å². The van der Waals surface area contributed by atoms with Crippen molar-refractivity contribution in [2.75, 3.05) is 19.6 Å². The number of nitrogens with zero attached hydrogens (tertiary/aromatic N) is 2. The largest absolute Gasteiger partial charge is 0.333 e. The van der Waals surface area contributed by atoms with E-state index in [0.717, 1.165) is 37.7 Å². The van der Waals surface area contributed by atoms with Crippen LogP contribution in [0.3, 0.4) is 0 Å². The highest BCUT2D eigenvalue weighted by molar-refractivity contribution is 7.10. The third-order valence-corrected chi connectivity index (χ3v) is 6.88. The fourth-order valence-corrected chi connectivity index (χ4v) is 4.98. The van der Waals surface area contributed by atoms with Crippen LogP contribution >= 0.6 is 11.3 Å². The summed E-state index contributed by atoms with van der Waals surface area (Å²) in [6.07, 6.45) is 5.23. The molecule has 0 bridgehead atoms. The summed E-state index contributed by atoms with van der Waals surface area (Å²) in [6, 6.07) is 10.6. The fourth-order valence-electron chi connectivity index (χ4n) is 4.07. The monoisotopic (exact) mass is 426 g/mol. The van der Waals surface area contributed by atoms with Crippen LogP contribution in [0.4, 0.5) is 0 Å². The van der Waals surface area contributed by atoms with Crippen LogP contribution in [-0.4, -0.2) is 41.2 Å². The second-order valence-corrected chi connectivity index (χ2v) is 9.22. The van der Waals surface area contributed by atoms with E-state index in [1.54, 1.807) is 16.2 Å². The van der Waals surface area contributed by atoms with Crippen LogP contribution < -0.4 is 0 Å². The molecule has 0 unspecified atom stereocenters. The fraction of sp³-hybridized carbons (Fsp3) is 0.520. The standard InChI is InChI=1S/C25H34N2O2S/c1-4-6-8-23(28)26(15-7-5-2)18-24(29)27-16-13-22-21(14-17-30-22)25(27)20-11-9-19(3)10-12-20/h9-12,14,17,25H,4-8,13,15-16,18H2,1-3H3/t25-/m0/s1. The van der Waals surface area contributed by atoms with E-state index in [4.69, 9.17) is 0 Å². The summed E-state index contributed by atoms with van der Waals surface area (Å²) in [5, 5.41) is 2.13. The Kier molecular flexibility index (Phi) is 8.08. The molecule has 30 heavy (non-hydrogen) atoms. The van der Waals surface area contributed by atoms with E-state index < -0.39 is 0 Å². The Balaban J connectivity index is 1.82. The SMILES string of the molecule is CCCCC(=O)N(CCCC)CC(=O)N1CCc2sccc2[C@@H]1c1ccc(C)cc1. The lowest BCUT2D eigenvalue weighted by Gasteiger charge is -2.37. The lowest BCUT2D eigenvalue weighted by atomic mass is 9.92. The first-order valence-corrected chi connectivity index (χ1v) is 12.1. The number of hydrogen-bond donors (Lipinski definition) is 0. The number of unbranched alkanes of at least 4 members (excludes halogenated alkanes) is 2. The number of rotatable bonds is 9. The maximum atomic E-state index is 13.5. The van der Waals surface area contributed by atoms with Crippen LogP contribution in [0, 0.1) is 6.92 Å². The summed E-state index contributed by atoms with van der Waals surface area (Å²) >= 11 is 1.78. The average molecular weight is 427 g/mol. The minimum absolute atomic E-state index is 0.0541. The van der Waals surface area contributed by atoms with Gasteiger partial charge in [0.05, 0.1) is 12.6 Å². The molecule has 2 aromatic rings. The number of carbonyl (C=O) groups excluding carboxylic acids is 2. The zero-order chi connectivity index (χ0) is 21.5. The normalized spacial score (nSPS) is 15.7. The van der Waals surface area contributed by atoms with Crippen molar-refractivity contribution in [2.24, 2.45) is 0 Å². The summed E-state index contributed by atoms with van der Waals surface area (Å²) in [7, 11) is 0. The highest BCUT2D eigenvalue weighted by atomic mass is 32.1. The molecule has 0 saturated carbocycles. The number of thiophene rings is 1. The predicted molar refractivity (Wildman–Crippen MR) is 124 cm³/mol. The molecule has 5 heteroatoms. The van der Waals surface area contributed by atoms with Gasteiger partial charge < -0.3 is 9.80 Å². The first kappa shape index (κ1) is 22.5. The molecule has 1 aliphatic rings. The lowest BCUT2D eigenvalue weighted by molar-refractivity contribution is -0.141. The van der Waals surface area contributed by atoms with Gasteiger partial charge in [-0.25, -0.2) is 0 Å². The topological polar surface area (TPSA) is 40.6 Å². The molecule has 0 spiro atoms. The van der Waals surface area contributed by atoms with Gasteiger partial charge in [-0.1, -0.05) is 56.5 Å². The average Bonchev–Trinajstić information content (AvgIpc) is 3.23. The second-order valence-electron chi connectivity index (χ2n) is 8.22. The van der Waals surface area contributed by atoms with Gasteiger partial charge in [0.15, 0.2) is 0 Å². The van der Waals surface area contributed by atoms with Crippen molar-refractivity contribution in [3.63, 3.8) is 0 Å². The van der Waals surface area contributed by atoms with Crippen molar-refractivity contribution in [3.05, 3.63) is 57.3 Å². The Hall–Kier alpha value is -2.14. The van der Waals surface area contributed by atoms with Crippen LogP contribution in [0.15, 0.2) is 35.7 Å². The number of benzene rings is 1. The molecule has 0 radical (unpaired) electrons. The van der Waals surface area contributed by atoms with Gasteiger partial charge in [0.2, 0.25) is 11.8 Å². The van der Waals surface area contributed by atoms with Crippen molar-refractivity contribution >= 4 is 23.2 Å². The molecule has 1 aromatic carbocycles. The van der Waals surface area contributed by atoms with Crippen molar-refractivity contribution < 1.29 is 9.59 Å². The molecule has 0 aliphatic carbocycles. The van der Waals surface area contributed by atoms with Crippen LogP contribution in [0.1, 0.15) is 73.6 Å². The van der Waals surface area contributed by atoms with Gasteiger partial charge in [-0.15, -0.1) is 11.3 Å². The second kappa shape index (κ2) is 10.8. The Morgan fingerprint density at radius 1 is 1.10 bits per heavy atom. The maximum Gasteiger partial charge on any atom is 0.242 e. The zero-order valence-corrected chi connectivity index (χ0v) is 19.3. The first-order valence-electron chi connectivity index (χ1n) is 11.2. The smallest absolute Gasteiger partial charge is 0.242 e. The first-order chi connectivity index (χ1) is 14.5. The zero-order valence-electron chi connectivity index (χ0n) is 18.5. The molecular formula is C25H34N2O2S. The molecule has 1 atom stereocenters. The Bertz CT molecular complexity index is 843. The number of fused-ring (bicyclic) bond motifs is 1. The van der Waals surface area contributed by atoms with Gasteiger partial charge in [0, 0.05) is 24.4 Å². The van der Waals surface area contributed by atoms with E-state index in [2.05, 4.69) is 56.5 Å². The minimum atomic E-state index is -0.0631. The predicted octanol–water partition coefficient (Wildman–Crippen LogP) is 5.35. The van der Waals surface area contributed by atoms with E-state index in [0.29, 0.717) is 19.5 Å². The van der Waals surface area contributed by atoms with Gasteiger partial charge in [0.25, 0.3) is 0 Å². The third-order valence-electron chi connectivity index (χ3n) is 5.88. The van der Waals surface area contributed by atoms with Gasteiger partial charge in [-0.05, 0) is 48.8 Å². The molecule has 3 rings (SSSR count). The summed E-state index contributed by atoms with van der Waals surface area (Å²) in [4.78, 5) is 31.3. The molecule has 0 fully saturated rings. The van der Waals surface area contributed by atoms with E-state index in [-0.39, 0.29) is 24.4 Å². The number of aryl methyl sites for hydroxylation is 1. The van der Waals surface area contributed by atoms with Crippen LogP contribution in [-0.2, 0) is 16.0 Å². The number of amides is 2. The lowest BCUT2D eigenvalue weighted by Crippen LogP contribution is -2.47. The molecule has 162 valence electrons. The van der Waals surface area contributed by atoms with Gasteiger partial charge >= 0.3 is 0 Å². The summed E-state index contributed by atoms with van der Waals surface area (Å²) in [6.45, 7) is 7.84. The van der Waals surface area contributed by atoms with Crippen molar-refractivity contribution in [3.8, 4) is 0 Å². The van der Waals surface area contributed by atoms with Crippen molar-refractivity contribution in [1.82, 2.24) is 9.80 Å². The maximum absolute atomic E-state index is 13.5. The Labute approximate surface area is 184 Å². The summed E-state index contributed by atoms with van der Waals surface area (Å²) < 4.78 is 0. The molecule has 1 aromatic heterocycles. The van der Waals surface area contributed by atoms with E-state index in [1.165, 1.54) is 16.0 Å². The third kappa shape index (κ3) is 5.31. The highest BCUT2D eigenvalue weighted by Gasteiger charge is 2.33. The molecule has 0 saturated heterocycles. The van der Waals surface area contributed by atoms with Gasteiger partial charge in [-0.3, -0.25) is 9.59 Å². The van der Waals surface area contributed by atoms with Crippen molar-refractivity contribution in [2.45, 2.75) is 65.3 Å². The van der Waals surface area contributed by atoms with Crippen LogP contribution in [0.5, 0.6) is 0 Å². The Morgan fingerprint density at radius 3 is 2.53 bits per heavy atom. The molecule has 2 heterocycles. The molecule has 4 nitrogen and oxygen atoms in total. The van der Waals surface area contributed by atoms with Crippen LogP contribution in [0.25, 0.3) is 0 Å². The molecule has 0 N–H and O–H groups in total. The van der Waals surface area contributed by atoms with E-state index >= 15 is 0 Å². The Morgan fingerprint density at radius 2 is 1.83 bits per heavy atom. The van der Waals surface area contributed by atoms with E-state index in [9.17, 15) is 9.59 Å². The molecule has 2 amide bonds. The van der Waals surface area contributed by atoms with E-state index in [1.807, 2.05) is 4.90 Å². The molecular weight excluding hydrogens is 392 g/mol.